The van der Waals surface area contributed by atoms with Crippen LogP contribution < -0.4 is 5.32 Å². The van der Waals surface area contributed by atoms with Crippen LogP contribution in [-0.4, -0.2) is 11.1 Å². The minimum Gasteiger partial charge on any atom is -0.385 e. The van der Waals surface area contributed by atoms with Crippen LogP contribution in [0, 0.1) is 6.92 Å². The Kier molecular flexibility index (Phi) is 5.62. The van der Waals surface area contributed by atoms with Crippen molar-refractivity contribution < 1.29 is 0 Å². The predicted molar refractivity (Wildman–Crippen MR) is 108 cm³/mol. The fourth-order valence-electron chi connectivity index (χ4n) is 3.15. The lowest BCUT2D eigenvalue weighted by molar-refractivity contribution is 0.619. The van der Waals surface area contributed by atoms with E-state index in [4.69, 9.17) is 0 Å². The van der Waals surface area contributed by atoms with Crippen molar-refractivity contribution in [2.24, 2.45) is 0 Å². The molecule has 2 aromatic carbocycles. The largest absolute Gasteiger partial charge is 0.385 e. The summed E-state index contributed by atoms with van der Waals surface area (Å²) in [6.07, 6.45) is 3.44. The van der Waals surface area contributed by atoms with Crippen molar-refractivity contribution >= 4 is 32.5 Å². The van der Waals surface area contributed by atoms with E-state index >= 15 is 0 Å². The van der Waals surface area contributed by atoms with Gasteiger partial charge in [0.2, 0.25) is 0 Å². The van der Waals surface area contributed by atoms with E-state index in [1.54, 1.807) is 0 Å². The van der Waals surface area contributed by atoms with Crippen molar-refractivity contribution in [1.29, 1.82) is 0 Å². The SMILES string of the molecule is CCc1cc2ccccc2n1CCCCNc1ccc(C)c(Br)c1. The second-order valence-corrected chi connectivity index (χ2v) is 7.15. The zero-order valence-electron chi connectivity index (χ0n) is 14.5. The van der Waals surface area contributed by atoms with E-state index < -0.39 is 0 Å². The normalized spacial score (nSPS) is 11.1. The fourth-order valence-corrected chi connectivity index (χ4v) is 3.53. The minimum absolute atomic E-state index is 1.01. The van der Waals surface area contributed by atoms with E-state index in [0.717, 1.165) is 19.5 Å². The molecular weight excluding hydrogens is 360 g/mol. The van der Waals surface area contributed by atoms with E-state index in [-0.39, 0.29) is 0 Å². The Morgan fingerprint density at radius 1 is 1.04 bits per heavy atom. The lowest BCUT2D eigenvalue weighted by atomic mass is 10.2. The summed E-state index contributed by atoms with van der Waals surface area (Å²) in [6.45, 7) is 6.45. The molecule has 0 aliphatic rings. The van der Waals surface area contributed by atoms with Gasteiger partial charge in [0.15, 0.2) is 0 Å². The molecule has 0 amide bonds. The van der Waals surface area contributed by atoms with Crippen LogP contribution in [0.3, 0.4) is 0 Å². The summed E-state index contributed by atoms with van der Waals surface area (Å²) in [5.41, 5.74) is 5.26. The van der Waals surface area contributed by atoms with Crippen LogP contribution in [0.25, 0.3) is 10.9 Å². The number of aromatic nitrogens is 1. The maximum Gasteiger partial charge on any atom is 0.0482 e. The summed E-state index contributed by atoms with van der Waals surface area (Å²) in [4.78, 5) is 0. The third-order valence-electron chi connectivity index (χ3n) is 4.57. The zero-order chi connectivity index (χ0) is 16.9. The van der Waals surface area contributed by atoms with Crippen LogP contribution in [-0.2, 0) is 13.0 Å². The highest BCUT2D eigenvalue weighted by molar-refractivity contribution is 9.10. The number of hydrogen-bond acceptors (Lipinski definition) is 1. The molecule has 0 aliphatic heterocycles. The third kappa shape index (κ3) is 3.84. The minimum atomic E-state index is 1.01. The van der Waals surface area contributed by atoms with Gasteiger partial charge in [0, 0.05) is 34.5 Å². The van der Waals surface area contributed by atoms with Gasteiger partial charge in [-0.05, 0) is 61.4 Å². The molecule has 3 rings (SSSR count). The maximum absolute atomic E-state index is 3.59. The van der Waals surface area contributed by atoms with Crippen molar-refractivity contribution in [2.75, 3.05) is 11.9 Å². The summed E-state index contributed by atoms with van der Waals surface area (Å²) in [7, 11) is 0. The standard InChI is InChI=1S/C21H25BrN2/c1-3-19-14-17-8-4-5-9-21(17)24(19)13-7-6-12-23-18-11-10-16(2)20(22)15-18/h4-5,8-11,14-15,23H,3,6-7,12-13H2,1-2H3. The van der Waals surface area contributed by atoms with Crippen LogP contribution >= 0.6 is 15.9 Å². The molecule has 0 aliphatic carbocycles. The summed E-state index contributed by atoms with van der Waals surface area (Å²) < 4.78 is 3.65. The molecule has 0 saturated carbocycles. The molecule has 0 radical (unpaired) electrons. The number of nitrogens with zero attached hydrogens (tertiary/aromatic N) is 1. The molecule has 1 heterocycles. The topological polar surface area (TPSA) is 17.0 Å². The Bertz CT molecular complexity index is 820. The van der Waals surface area contributed by atoms with E-state index in [1.807, 2.05) is 0 Å². The Balaban J connectivity index is 1.54. The van der Waals surface area contributed by atoms with Gasteiger partial charge in [-0.15, -0.1) is 0 Å². The second kappa shape index (κ2) is 7.89. The van der Waals surface area contributed by atoms with Crippen LogP contribution in [0.4, 0.5) is 5.69 Å². The first-order chi connectivity index (χ1) is 11.7. The number of para-hydroxylation sites is 1. The molecule has 0 fully saturated rings. The first-order valence-corrected chi connectivity index (χ1v) is 9.55. The molecule has 1 N–H and O–H groups in total. The number of nitrogens with one attached hydrogen (secondary N) is 1. The summed E-state index contributed by atoms with van der Waals surface area (Å²) in [5, 5.41) is 4.88. The molecular formula is C21H25BrN2. The van der Waals surface area contributed by atoms with Crippen molar-refractivity contribution in [3.63, 3.8) is 0 Å². The van der Waals surface area contributed by atoms with Crippen molar-refractivity contribution in [1.82, 2.24) is 4.57 Å². The second-order valence-electron chi connectivity index (χ2n) is 6.30. The molecule has 3 heteroatoms. The highest BCUT2D eigenvalue weighted by atomic mass is 79.9. The number of rotatable bonds is 7. The van der Waals surface area contributed by atoms with Gasteiger partial charge in [-0.1, -0.05) is 47.1 Å². The lowest BCUT2D eigenvalue weighted by Crippen LogP contribution is -2.06. The van der Waals surface area contributed by atoms with Crippen molar-refractivity contribution in [3.05, 3.63) is 64.3 Å². The van der Waals surface area contributed by atoms with Gasteiger partial charge in [0.05, 0.1) is 0 Å². The molecule has 0 atom stereocenters. The van der Waals surface area contributed by atoms with Gasteiger partial charge in [-0.2, -0.15) is 0 Å². The van der Waals surface area contributed by atoms with Gasteiger partial charge >= 0.3 is 0 Å². The Labute approximate surface area is 153 Å². The van der Waals surface area contributed by atoms with Crippen LogP contribution in [0.1, 0.15) is 31.0 Å². The first kappa shape index (κ1) is 17.1. The van der Waals surface area contributed by atoms with Crippen molar-refractivity contribution in [3.8, 4) is 0 Å². The molecule has 24 heavy (non-hydrogen) atoms. The number of fused-ring (bicyclic) bond motifs is 1. The smallest absolute Gasteiger partial charge is 0.0482 e. The van der Waals surface area contributed by atoms with E-state index in [2.05, 4.69) is 88.2 Å². The Morgan fingerprint density at radius 3 is 2.67 bits per heavy atom. The third-order valence-corrected chi connectivity index (χ3v) is 5.42. The molecule has 3 aromatic rings. The van der Waals surface area contributed by atoms with Gasteiger partial charge in [-0.3, -0.25) is 0 Å². The monoisotopic (exact) mass is 384 g/mol. The molecule has 0 saturated heterocycles. The Morgan fingerprint density at radius 2 is 1.88 bits per heavy atom. The van der Waals surface area contributed by atoms with Crippen LogP contribution in [0.5, 0.6) is 0 Å². The molecule has 0 spiro atoms. The quantitative estimate of drug-likeness (QED) is 0.482. The predicted octanol–water partition coefficient (Wildman–Crippen LogP) is 6.17. The highest BCUT2D eigenvalue weighted by Crippen LogP contribution is 2.22. The average Bonchev–Trinajstić information content (AvgIpc) is 2.95. The number of hydrogen-bond donors (Lipinski definition) is 1. The summed E-state index contributed by atoms with van der Waals surface area (Å²) in [6, 6.07) is 17.5. The molecule has 0 bridgehead atoms. The molecule has 0 unspecified atom stereocenters. The first-order valence-electron chi connectivity index (χ1n) is 8.76. The van der Waals surface area contributed by atoms with E-state index in [9.17, 15) is 0 Å². The molecule has 1 aromatic heterocycles. The molecule has 126 valence electrons. The molecule has 2 nitrogen and oxygen atoms in total. The number of aryl methyl sites for hydroxylation is 3. The highest BCUT2D eigenvalue weighted by Gasteiger charge is 2.06. The van der Waals surface area contributed by atoms with Crippen LogP contribution in [0.15, 0.2) is 53.0 Å². The van der Waals surface area contributed by atoms with E-state index in [1.165, 1.54) is 45.2 Å². The van der Waals surface area contributed by atoms with Gasteiger partial charge < -0.3 is 9.88 Å². The van der Waals surface area contributed by atoms with Gasteiger partial charge in [0.1, 0.15) is 0 Å². The summed E-state index contributed by atoms with van der Waals surface area (Å²) >= 11 is 3.59. The maximum atomic E-state index is 3.59. The zero-order valence-corrected chi connectivity index (χ0v) is 16.1. The number of benzene rings is 2. The lowest BCUT2D eigenvalue weighted by Gasteiger charge is -2.11. The summed E-state index contributed by atoms with van der Waals surface area (Å²) in [5.74, 6) is 0. The fraction of sp³-hybridized carbons (Fsp3) is 0.333. The van der Waals surface area contributed by atoms with Crippen LogP contribution in [0.2, 0.25) is 0 Å². The number of unbranched alkanes of at least 4 members (excludes halogenated alkanes) is 1. The van der Waals surface area contributed by atoms with Crippen molar-refractivity contribution in [2.45, 2.75) is 39.7 Å². The number of halogens is 1. The average molecular weight is 385 g/mol. The number of anilines is 1. The van der Waals surface area contributed by atoms with Gasteiger partial charge in [-0.25, -0.2) is 0 Å². The van der Waals surface area contributed by atoms with E-state index in [0.29, 0.717) is 0 Å². The Hall–Kier alpha value is -1.74. The van der Waals surface area contributed by atoms with Gasteiger partial charge in [0.25, 0.3) is 0 Å².